The number of nitrogen functional groups attached to an aromatic ring is 1. The third-order valence-corrected chi connectivity index (χ3v) is 4.13. The molecule has 0 spiro atoms. The molecule has 3 nitrogen and oxygen atoms in total. The lowest BCUT2D eigenvalue weighted by atomic mass is 10.1. The van der Waals surface area contributed by atoms with Crippen molar-refractivity contribution >= 4 is 16.5 Å². The molecular formula is C22H29NO2. The van der Waals surface area contributed by atoms with Gasteiger partial charge >= 0.3 is 0 Å². The molecule has 0 aliphatic carbocycles. The molecule has 0 amide bonds. The standard InChI is InChI=1S/C22H29NO2/c1-3-5-7-9-15-24-19-13-11-18-12-14-21(22(23)20(18)17-19)25-16-10-8-6-4-2/h3-4,11-14,17H,1-2,5-10,15-16,23H2. The summed E-state index contributed by atoms with van der Waals surface area (Å²) >= 11 is 0. The van der Waals surface area contributed by atoms with Gasteiger partial charge in [-0.25, -0.2) is 0 Å². The lowest BCUT2D eigenvalue weighted by molar-refractivity contribution is 0.307. The number of benzene rings is 2. The molecule has 0 unspecified atom stereocenters. The minimum absolute atomic E-state index is 0.670. The average molecular weight is 339 g/mol. The van der Waals surface area contributed by atoms with Crippen LogP contribution in [0.1, 0.15) is 38.5 Å². The number of allylic oxidation sites excluding steroid dienone is 2. The number of ether oxygens (including phenoxy) is 2. The number of nitrogens with two attached hydrogens (primary N) is 1. The Kier molecular flexibility index (Phi) is 7.90. The van der Waals surface area contributed by atoms with Crippen molar-refractivity contribution in [2.45, 2.75) is 38.5 Å². The molecule has 0 fully saturated rings. The first-order valence-corrected chi connectivity index (χ1v) is 9.06. The first-order chi connectivity index (χ1) is 12.3. The minimum Gasteiger partial charge on any atom is -0.494 e. The predicted molar refractivity (Wildman–Crippen MR) is 107 cm³/mol. The highest BCUT2D eigenvalue weighted by Crippen LogP contribution is 2.33. The zero-order valence-corrected chi connectivity index (χ0v) is 15.0. The van der Waals surface area contributed by atoms with E-state index < -0.39 is 0 Å². The quantitative estimate of drug-likeness (QED) is 0.298. The van der Waals surface area contributed by atoms with Gasteiger partial charge in [-0.05, 0) is 62.1 Å². The molecule has 2 aromatic carbocycles. The number of unbranched alkanes of at least 4 members (excludes halogenated alkanes) is 4. The summed E-state index contributed by atoms with van der Waals surface area (Å²) in [6.45, 7) is 8.84. The molecule has 25 heavy (non-hydrogen) atoms. The van der Waals surface area contributed by atoms with E-state index in [4.69, 9.17) is 15.2 Å². The fraction of sp³-hybridized carbons (Fsp3) is 0.364. The smallest absolute Gasteiger partial charge is 0.142 e. The van der Waals surface area contributed by atoms with Crippen LogP contribution in [0.15, 0.2) is 55.6 Å². The van der Waals surface area contributed by atoms with Crippen molar-refractivity contribution in [1.29, 1.82) is 0 Å². The Balaban J connectivity index is 1.99. The van der Waals surface area contributed by atoms with Crippen LogP contribution in [-0.2, 0) is 0 Å². The Labute approximate surface area is 151 Å². The number of fused-ring (bicyclic) bond motifs is 1. The molecule has 2 aromatic rings. The molecule has 2 N–H and O–H groups in total. The third-order valence-electron chi connectivity index (χ3n) is 4.13. The molecule has 0 saturated heterocycles. The Hall–Kier alpha value is -2.42. The minimum atomic E-state index is 0.670. The molecule has 134 valence electrons. The molecule has 0 aliphatic rings. The van der Waals surface area contributed by atoms with E-state index in [-0.39, 0.29) is 0 Å². The van der Waals surface area contributed by atoms with Gasteiger partial charge in [0.2, 0.25) is 0 Å². The molecule has 2 rings (SSSR count). The molecule has 3 heteroatoms. The van der Waals surface area contributed by atoms with E-state index in [1.54, 1.807) is 0 Å². The summed E-state index contributed by atoms with van der Waals surface area (Å²) in [6, 6.07) is 10.0. The van der Waals surface area contributed by atoms with Gasteiger partial charge in [0.25, 0.3) is 0 Å². The van der Waals surface area contributed by atoms with E-state index >= 15 is 0 Å². The van der Waals surface area contributed by atoms with Crippen LogP contribution in [0.3, 0.4) is 0 Å². The second kappa shape index (κ2) is 10.4. The van der Waals surface area contributed by atoms with E-state index in [0.29, 0.717) is 18.9 Å². The molecule has 0 bridgehead atoms. The van der Waals surface area contributed by atoms with Gasteiger partial charge in [0.1, 0.15) is 11.5 Å². The molecule has 0 atom stereocenters. The van der Waals surface area contributed by atoms with Crippen LogP contribution in [0.2, 0.25) is 0 Å². The highest BCUT2D eigenvalue weighted by molar-refractivity contribution is 5.96. The number of hydrogen-bond acceptors (Lipinski definition) is 3. The van der Waals surface area contributed by atoms with Crippen molar-refractivity contribution in [1.82, 2.24) is 0 Å². The van der Waals surface area contributed by atoms with Crippen molar-refractivity contribution in [2.75, 3.05) is 18.9 Å². The summed E-state index contributed by atoms with van der Waals surface area (Å²) in [6.07, 6.45) is 10.1. The van der Waals surface area contributed by atoms with Crippen LogP contribution < -0.4 is 15.2 Å². The van der Waals surface area contributed by atoms with Crippen molar-refractivity contribution in [3.8, 4) is 11.5 Å². The van der Waals surface area contributed by atoms with E-state index in [2.05, 4.69) is 13.2 Å². The predicted octanol–water partition coefficient (Wildman–Crippen LogP) is 5.89. The first-order valence-electron chi connectivity index (χ1n) is 9.06. The Morgan fingerprint density at radius 3 is 2.16 bits per heavy atom. The summed E-state index contributed by atoms with van der Waals surface area (Å²) in [7, 11) is 0. The summed E-state index contributed by atoms with van der Waals surface area (Å²) in [5.74, 6) is 1.59. The van der Waals surface area contributed by atoms with E-state index in [0.717, 1.165) is 60.8 Å². The van der Waals surface area contributed by atoms with Gasteiger partial charge in [-0.2, -0.15) is 0 Å². The van der Waals surface area contributed by atoms with Crippen LogP contribution in [0.25, 0.3) is 10.8 Å². The van der Waals surface area contributed by atoms with Crippen LogP contribution in [-0.4, -0.2) is 13.2 Å². The van der Waals surface area contributed by atoms with E-state index in [1.165, 1.54) is 0 Å². The van der Waals surface area contributed by atoms with Crippen molar-refractivity contribution < 1.29 is 9.47 Å². The Morgan fingerprint density at radius 1 is 0.840 bits per heavy atom. The number of rotatable bonds is 12. The van der Waals surface area contributed by atoms with Crippen LogP contribution in [0.5, 0.6) is 11.5 Å². The molecular weight excluding hydrogens is 310 g/mol. The Bertz CT molecular complexity index is 688. The van der Waals surface area contributed by atoms with Gasteiger partial charge < -0.3 is 15.2 Å². The van der Waals surface area contributed by atoms with E-state index in [1.807, 2.05) is 42.5 Å². The van der Waals surface area contributed by atoms with Crippen molar-refractivity contribution in [3.63, 3.8) is 0 Å². The lowest BCUT2D eigenvalue weighted by Crippen LogP contribution is -2.01. The SMILES string of the molecule is C=CCCCCOc1ccc2ccc(OCCCCC=C)c(N)c2c1. The van der Waals surface area contributed by atoms with Gasteiger partial charge in [0.05, 0.1) is 18.9 Å². The number of anilines is 1. The second-order valence-electron chi connectivity index (χ2n) is 6.13. The van der Waals surface area contributed by atoms with Gasteiger partial charge in [0.15, 0.2) is 0 Å². The van der Waals surface area contributed by atoms with Gasteiger partial charge in [-0.15, -0.1) is 13.2 Å². The number of hydrogen-bond donors (Lipinski definition) is 1. The second-order valence-corrected chi connectivity index (χ2v) is 6.13. The van der Waals surface area contributed by atoms with Gasteiger partial charge in [0, 0.05) is 5.39 Å². The lowest BCUT2D eigenvalue weighted by Gasteiger charge is -2.12. The monoisotopic (exact) mass is 339 g/mol. The normalized spacial score (nSPS) is 10.6. The maximum atomic E-state index is 6.32. The summed E-state index contributed by atoms with van der Waals surface area (Å²) in [5.41, 5.74) is 6.99. The first kappa shape index (κ1) is 18.9. The van der Waals surface area contributed by atoms with E-state index in [9.17, 15) is 0 Å². The fourth-order valence-electron chi connectivity index (χ4n) is 2.67. The van der Waals surface area contributed by atoms with Gasteiger partial charge in [-0.1, -0.05) is 24.3 Å². The Morgan fingerprint density at radius 2 is 1.48 bits per heavy atom. The topological polar surface area (TPSA) is 44.5 Å². The zero-order valence-electron chi connectivity index (χ0n) is 15.0. The fourth-order valence-corrected chi connectivity index (χ4v) is 2.67. The van der Waals surface area contributed by atoms with Crippen LogP contribution in [0.4, 0.5) is 5.69 Å². The molecule has 0 radical (unpaired) electrons. The third kappa shape index (κ3) is 5.86. The summed E-state index contributed by atoms with van der Waals surface area (Å²) in [5, 5.41) is 2.07. The maximum absolute atomic E-state index is 6.32. The largest absolute Gasteiger partial charge is 0.494 e. The van der Waals surface area contributed by atoms with Gasteiger partial charge in [-0.3, -0.25) is 0 Å². The average Bonchev–Trinajstić information content (AvgIpc) is 2.63. The summed E-state index contributed by atoms with van der Waals surface area (Å²) in [4.78, 5) is 0. The highest BCUT2D eigenvalue weighted by Gasteiger charge is 2.07. The van der Waals surface area contributed by atoms with Crippen molar-refractivity contribution in [3.05, 3.63) is 55.6 Å². The molecule has 0 aromatic heterocycles. The zero-order chi connectivity index (χ0) is 17.9. The molecule has 0 saturated carbocycles. The van der Waals surface area contributed by atoms with Crippen LogP contribution in [0, 0.1) is 0 Å². The molecule has 0 heterocycles. The van der Waals surface area contributed by atoms with Crippen molar-refractivity contribution in [2.24, 2.45) is 0 Å². The summed E-state index contributed by atoms with van der Waals surface area (Å²) < 4.78 is 11.7. The molecule has 0 aliphatic heterocycles. The maximum Gasteiger partial charge on any atom is 0.142 e. The highest BCUT2D eigenvalue weighted by atomic mass is 16.5. The van der Waals surface area contributed by atoms with Crippen LogP contribution >= 0.6 is 0 Å².